The minimum absolute atomic E-state index is 0.0522. The van der Waals surface area contributed by atoms with E-state index in [1.807, 2.05) is 31.2 Å². The highest BCUT2D eigenvalue weighted by Crippen LogP contribution is 2.32. The third-order valence-electron chi connectivity index (χ3n) is 7.67. The van der Waals surface area contributed by atoms with Crippen LogP contribution in [0.5, 0.6) is 0 Å². The number of amides is 1. The summed E-state index contributed by atoms with van der Waals surface area (Å²) in [5.41, 5.74) is 6.94. The molecule has 0 atom stereocenters. The fourth-order valence-electron chi connectivity index (χ4n) is 5.64. The van der Waals surface area contributed by atoms with Gasteiger partial charge in [-0.05, 0) is 61.7 Å². The molecule has 5 heterocycles. The maximum atomic E-state index is 14.2. The van der Waals surface area contributed by atoms with Crippen molar-refractivity contribution in [1.29, 1.82) is 0 Å². The van der Waals surface area contributed by atoms with E-state index in [1.165, 1.54) is 18.6 Å². The molecule has 9 nitrogen and oxygen atoms in total. The molecule has 6 aromatic rings. The molecule has 1 amide bonds. The number of nitrogens with zero attached hydrogens (tertiary/aromatic N) is 5. The molecule has 0 radical (unpaired) electrons. The van der Waals surface area contributed by atoms with Gasteiger partial charge in [0.2, 0.25) is 5.91 Å². The Hall–Kier alpha value is -4.99. The number of rotatable bonds is 5. The Kier molecular flexibility index (Phi) is 6.22. The quantitative estimate of drug-likeness (QED) is 0.224. The number of H-pyrrole nitrogens is 2. The molecule has 41 heavy (non-hydrogen) atoms. The number of aromatic nitrogens is 7. The van der Waals surface area contributed by atoms with Crippen molar-refractivity contribution in [3.8, 4) is 34.0 Å². The predicted octanol–water partition coefficient (Wildman–Crippen LogP) is 6.59. The third kappa shape index (κ3) is 4.82. The Balaban J connectivity index is 1.23. The first-order valence-electron chi connectivity index (χ1n) is 13.7. The minimum Gasteiger partial charge on any atom is -0.336 e. The van der Waals surface area contributed by atoms with E-state index in [2.05, 4.69) is 35.5 Å². The molecule has 1 aliphatic rings. The monoisotopic (exact) mass is 546 g/mol. The number of fused-ring (bicyclic) bond motifs is 2. The van der Waals surface area contributed by atoms with Gasteiger partial charge in [-0.15, -0.1) is 0 Å². The van der Waals surface area contributed by atoms with E-state index < -0.39 is 0 Å². The van der Waals surface area contributed by atoms with Crippen molar-refractivity contribution in [2.45, 2.75) is 39.0 Å². The van der Waals surface area contributed by atoms with Crippen LogP contribution in [0, 0.1) is 18.7 Å². The molecule has 5 aromatic heterocycles. The topological polar surface area (TPSA) is 125 Å². The molecule has 1 aromatic carbocycles. The molecular weight excluding hydrogens is 519 g/mol. The summed E-state index contributed by atoms with van der Waals surface area (Å²) in [5.74, 6) is 0.341. The molecule has 0 bridgehead atoms. The second-order valence-corrected chi connectivity index (χ2v) is 10.6. The summed E-state index contributed by atoms with van der Waals surface area (Å²) in [4.78, 5) is 34.4. The molecule has 0 unspecified atom stereocenters. The number of hydrogen-bond acceptors (Lipinski definition) is 6. The van der Waals surface area contributed by atoms with Crippen molar-refractivity contribution in [3.05, 3.63) is 72.6 Å². The zero-order valence-electron chi connectivity index (χ0n) is 22.4. The highest BCUT2D eigenvalue weighted by Gasteiger charge is 2.22. The first-order chi connectivity index (χ1) is 20.0. The van der Waals surface area contributed by atoms with Gasteiger partial charge in [0.1, 0.15) is 17.0 Å². The number of halogens is 1. The van der Waals surface area contributed by atoms with Crippen molar-refractivity contribution in [1.82, 2.24) is 35.1 Å². The van der Waals surface area contributed by atoms with E-state index in [1.54, 1.807) is 24.8 Å². The lowest BCUT2D eigenvalue weighted by atomic mass is 9.88. The fourth-order valence-corrected chi connectivity index (χ4v) is 5.64. The number of imidazole rings is 1. The summed E-state index contributed by atoms with van der Waals surface area (Å²) >= 11 is 0. The standard InChI is InChI=1S/C31H27FN8O/c1-17-9-19(11-21(32)10-17)27-29-24(7-8-34-27)37-30(38-29)28-23-13-25(35-16-26(23)39-40-28)20-12-22(15-33-14-20)36-31(41)18-5-3-2-4-6-18/h7-16,18H,2-6H2,1H3,(H,36,41)(H,37,38)(H,39,40). The Bertz CT molecular complexity index is 1900. The Labute approximate surface area is 234 Å². The number of aromatic amines is 2. The van der Waals surface area contributed by atoms with Crippen LogP contribution in [-0.2, 0) is 4.79 Å². The molecular formula is C31H27FN8O. The van der Waals surface area contributed by atoms with Gasteiger partial charge in [-0.1, -0.05) is 19.3 Å². The van der Waals surface area contributed by atoms with Crippen LogP contribution in [-0.4, -0.2) is 41.0 Å². The van der Waals surface area contributed by atoms with E-state index in [9.17, 15) is 9.18 Å². The average Bonchev–Trinajstić information content (AvgIpc) is 3.61. The summed E-state index contributed by atoms with van der Waals surface area (Å²) in [7, 11) is 0. The number of carbonyl (C=O) groups excluding carboxylic acids is 1. The van der Waals surface area contributed by atoms with Crippen molar-refractivity contribution >= 4 is 33.5 Å². The summed E-state index contributed by atoms with van der Waals surface area (Å²) in [6.45, 7) is 1.85. The smallest absolute Gasteiger partial charge is 0.227 e. The molecule has 0 spiro atoms. The summed E-state index contributed by atoms with van der Waals surface area (Å²) in [6, 6.07) is 10.5. The highest BCUT2D eigenvalue weighted by atomic mass is 19.1. The van der Waals surface area contributed by atoms with Crippen LogP contribution in [0.2, 0.25) is 0 Å². The SMILES string of the molecule is Cc1cc(F)cc(-c2nccc3[nH]c(-c4n[nH]c5cnc(-c6cncc(NC(=O)C7CCCCC7)c6)cc45)nc23)c1. The van der Waals surface area contributed by atoms with Crippen LogP contribution in [0.1, 0.15) is 37.7 Å². The van der Waals surface area contributed by atoms with E-state index in [0.29, 0.717) is 39.7 Å². The maximum absolute atomic E-state index is 14.2. The van der Waals surface area contributed by atoms with E-state index in [-0.39, 0.29) is 17.6 Å². The molecule has 1 aliphatic carbocycles. The lowest BCUT2D eigenvalue weighted by molar-refractivity contribution is -0.120. The second kappa shape index (κ2) is 10.2. The average molecular weight is 547 g/mol. The van der Waals surface area contributed by atoms with Crippen molar-refractivity contribution in [2.24, 2.45) is 5.92 Å². The van der Waals surface area contributed by atoms with Crippen LogP contribution in [0.25, 0.3) is 56.0 Å². The molecule has 10 heteroatoms. The maximum Gasteiger partial charge on any atom is 0.227 e. The van der Waals surface area contributed by atoms with Crippen LogP contribution in [0.4, 0.5) is 10.1 Å². The van der Waals surface area contributed by atoms with Gasteiger partial charge in [0.15, 0.2) is 5.82 Å². The molecule has 7 rings (SSSR count). The van der Waals surface area contributed by atoms with Crippen molar-refractivity contribution in [2.75, 3.05) is 5.32 Å². The number of benzene rings is 1. The van der Waals surface area contributed by atoms with Gasteiger partial charge in [-0.3, -0.25) is 24.8 Å². The minimum atomic E-state index is -0.319. The predicted molar refractivity (Wildman–Crippen MR) is 155 cm³/mol. The van der Waals surface area contributed by atoms with Gasteiger partial charge in [-0.25, -0.2) is 9.37 Å². The lowest BCUT2D eigenvalue weighted by Gasteiger charge is -2.20. The lowest BCUT2D eigenvalue weighted by Crippen LogP contribution is -2.24. The summed E-state index contributed by atoms with van der Waals surface area (Å²) in [6.07, 6.45) is 12.0. The van der Waals surface area contributed by atoms with Gasteiger partial charge in [0, 0.05) is 34.8 Å². The molecule has 3 N–H and O–H groups in total. The van der Waals surface area contributed by atoms with Crippen LogP contribution < -0.4 is 5.32 Å². The third-order valence-corrected chi connectivity index (χ3v) is 7.67. The normalized spacial score (nSPS) is 14.1. The zero-order chi connectivity index (χ0) is 27.9. The van der Waals surface area contributed by atoms with Crippen molar-refractivity contribution < 1.29 is 9.18 Å². The highest BCUT2D eigenvalue weighted by molar-refractivity contribution is 5.97. The van der Waals surface area contributed by atoms with E-state index in [4.69, 9.17) is 4.98 Å². The molecule has 0 saturated heterocycles. The molecule has 204 valence electrons. The van der Waals surface area contributed by atoms with Gasteiger partial charge < -0.3 is 10.3 Å². The van der Waals surface area contributed by atoms with Gasteiger partial charge in [0.25, 0.3) is 0 Å². The van der Waals surface area contributed by atoms with Crippen molar-refractivity contribution in [3.63, 3.8) is 0 Å². The Morgan fingerprint density at radius 1 is 0.951 bits per heavy atom. The first-order valence-corrected chi connectivity index (χ1v) is 13.7. The number of carbonyl (C=O) groups is 1. The summed E-state index contributed by atoms with van der Waals surface area (Å²) in [5, 5.41) is 11.4. The molecule has 0 aliphatic heterocycles. The Morgan fingerprint density at radius 3 is 2.68 bits per heavy atom. The number of aryl methyl sites for hydroxylation is 1. The summed E-state index contributed by atoms with van der Waals surface area (Å²) < 4.78 is 14.2. The fraction of sp³-hybridized carbons (Fsp3) is 0.226. The zero-order valence-corrected chi connectivity index (χ0v) is 22.4. The van der Waals surface area contributed by atoms with E-state index >= 15 is 0 Å². The number of pyridine rings is 3. The second-order valence-electron chi connectivity index (χ2n) is 10.6. The van der Waals surface area contributed by atoms with Crippen LogP contribution in [0.3, 0.4) is 0 Å². The number of hydrogen-bond donors (Lipinski definition) is 3. The largest absolute Gasteiger partial charge is 0.336 e. The van der Waals surface area contributed by atoms with E-state index in [0.717, 1.165) is 53.2 Å². The Morgan fingerprint density at radius 2 is 1.83 bits per heavy atom. The van der Waals surface area contributed by atoms with Crippen LogP contribution >= 0.6 is 0 Å². The number of nitrogens with one attached hydrogen (secondary N) is 3. The van der Waals surface area contributed by atoms with Gasteiger partial charge >= 0.3 is 0 Å². The molecule has 1 saturated carbocycles. The van der Waals surface area contributed by atoms with Gasteiger partial charge in [0.05, 0.1) is 40.5 Å². The van der Waals surface area contributed by atoms with Crippen LogP contribution in [0.15, 0.2) is 61.2 Å². The van der Waals surface area contributed by atoms with Gasteiger partial charge in [-0.2, -0.15) is 5.10 Å². The molecule has 1 fully saturated rings. The number of anilines is 1. The first kappa shape index (κ1) is 25.0.